The SMILES string of the molecule is C[C@@H]1C[C@H](C)CN(c2cc(C(F)(F)F)nc(NC(=S)NC3CCCC3)n2)C1. The maximum atomic E-state index is 13.3. The molecule has 2 aliphatic rings. The average Bonchev–Trinajstić information content (AvgIpc) is 3.05. The molecule has 27 heavy (non-hydrogen) atoms. The number of nitrogens with one attached hydrogen (secondary N) is 2. The molecule has 1 aromatic rings. The fourth-order valence-electron chi connectivity index (χ4n) is 4.04. The van der Waals surface area contributed by atoms with E-state index in [4.69, 9.17) is 12.2 Å². The first-order valence-electron chi connectivity index (χ1n) is 9.49. The van der Waals surface area contributed by atoms with Crippen molar-refractivity contribution in [3.8, 4) is 0 Å². The molecule has 1 saturated carbocycles. The highest BCUT2D eigenvalue weighted by atomic mass is 32.1. The number of hydrogen-bond acceptors (Lipinski definition) is 4. The fourth-order valence-corrected chi connectivity index (χ4v) is 4.30. The summed E-state index contributed by atoms with van der Waals surface area (Å²) < 4.78 is 40.0. The number of hydrogen-bond donors (Lipinski definition) is 2. The molecule has 0 amide bonds. The van der Waals surface area contributed by atoms with Gasteiger partial charge in [0.1, 0.15) is 5.82 Å². The molecule has 1 aliphatic heterocycles. The second-order valence-corrected chi connectivity index (χ2v) is 8.27. The van der Waals surface area contributed by atoms with Crippen molar-refractivity contribution in [3.05, 3.63) is 11.8 Å². The summed E-state index contributed by atoms with van der Waals surface area (Å²) >= 11 is 5.25. The molecule has 0 aromatic carbocycles. The third-order valence-electron chi connectivity index (χ3n) is 5.11. The van der Waals surface area contributed by atoms with Crippen molar-refractivity contribution in [3.63, 3.8) is 0 Å². The van der Waals surface area contributed by atoms with Crippen molar-refractivity contribution < 1.29 is 13.2 Å². The molecule has 2 atom stereocenters. The molecule has 1 aromatic heterocycles. The van der Waals surface area contributed by atoms with Gasteiger partial charge in [-0.3, -0.25) is 0 Å². The smallest absolute Gasteiger partial charge is 0.360 e. The van der Waals surface area contributed by atoms with Crippen molar-refractivity contribution in [2.45, 2.75) is 58.2 Å². The van der Waals surface area contributed by atoms with E-state index < -0.39 is 11.9 Å². The van der Waals surface area contributed by atoms with Crippen LogP contribution in [0, 0.1) is 11.8 Å². The molecule has 1 saturated heterocycles. The van der Waals surface area contributed by atoms with Crippen LogP contribution in [0.25, 0.3) is 0 Å². The van der Waals surface area contributed by atoms with E-state index in [0.717, 1.165) is 38.2 Å². The first-order valence-corrected chi connectivity index (χ1v) is 9.90. The van der Waals surface area contributed by atoms with Crippen LogP contribution >= 0.6 is 12.2 Å². The van der Waals surface area contributed by atoms with Crippen LogP contribution in [-0.2, 0) is 6.18 Å². The Bertz CT molecular complexity index is 665. The number of piperidine rings is 1. The number of rotatable bonds is 3. The van der Waals surface area contributed by atoms with Gasteiger partial charge >= 0.3 is 6.18 Å². The lowest BCUT2D eigenvalue weighted by Gasteiger charge is -2.36. The molecule has 0 bridgehead atoms. The Morgan fingerprint density at radius 1 is 1.15 bits per heavy atom. The summed E-state index contributed by atoms with van der Waals surface area (Å²) in [7, 11) is 0. The van der Waals surface area contributed by atoms with Crippen LogP contribution in [0.4, 0.5) is 24.9 Å². The third kappa shape index (κ3) is 5.43. The number of nitrogens with zero attached hydrogens (tertiary/aromatic N) is 3. The highest BCUT2D eigenvalue weighted by Crippen LogP contribution is 2.32. The van der Waals surface area contributed by atoms with Gasteiger partial charge in [0.25, 0.3) is 0 Å². The molecule has 9 heteroatoms. The van der Waals surface area contributed by atoms with E-state index in [1.54, 1.807) is 0 Å². The normalized spacial score (nSPS) is 24.1. The van der Waals surface area contributed by atoms with Gasteiger partial charge in [0, 0.05) is 25.2 Å². The predicted octanol–water partition coefficient (Wildman–Crippen LogP) is 4.21. The molecule has 2 N–H and O–H groups in total. The van der Waals surface area contributed by atoms with Gasteiger partial charge in [0.15, 0.2) is 10.8 Å². The van der Waals surface area contributed by atoms with Crippen molar-refractivity contribution in [2.24, 2.45) is 11.8 Å². The van der Waals surface area contributed by atoms with Crippen LogP contribution in [0.2, 0.25) is 0 Å². The molecule has 150 valence electrons. The van der Waals surface area contributed by atoms with Gasteiger partial charge in [-0.1, -0.05) is 26.7 Å². The van der Waals surface area contributed by atoms with Crippen LogP contribution in [0.15, 0.2) is 6.07 Å². The van der Waals surface area contributed by atoms with Crippen molar-refractivity contribution in [1.29, 1.82) is 0 Å². The van der Waals surface area contributed by atoms with E-state index in [2.05, 4.69) is 34.4 Å². The Kier molecular flexibility index (Phi) is 6.08. The van der Waals surface area contributed by atoms with Gasteiger partial charge in [-0.05, 0) is 43.3 Å². The van der Waals surface area contributed by atoms with Gasteiger partial charge in [0.05, 0.1) is 0 Å². The maximum Gasteiger partial charge on any atom is 0.433 e. The Morgan fingerprint density at radius 3 is 2.37 bits per heavy atom. The Balaban J connectivity index is 1.81. The monoisotopic (exact) mass is 401 g/mol. The van der Waals surface area contributed by atoms with Crippen LogP contribution < -0.4 is 15.5 Å². The number of thiocarbonyl (C=S) groups is 1. The number of halogens is 3. The van der Waals surface area contributed by atoms with Gasteiger partial charge in [-0.2, -0.15) is 18.2 Å². The minimum absolute atomic E-state index is 0.110. The van der Waals surface area contributed by atoms with E-state index in [-0.39, 0.29) is 17.1 Å². The standard InChI is InChI=1S/C18H26F3N5S/c1-11-7-12(2)10-26(9-11)15-8-14(18(19,20)21)23-16(24-15)25-17(27)22-13-5-3-4-6-13/h8,11-13H,3-7,9-10H2,1-2H3,(H2,22,23,24,25,27)/t11-,12+. The van der Waals surface area contributed by atoms with E-state index in [1.165, 1.54) is 0 Å². The van der Waals surface area contributed by atoms with Crippen LogP contribution in [0.1, 0.15) is 51.6 Å². The summed E-state index contributed by atoms with van der Waals surface area (Å²) in [4.78, 5) is 9.89. The van der Waals surface area contributed by atoms with Gasteiger partial charge in [-0.15, -0.1) is 0 Å². The second-order valence-electron chi connectivity index (χ2n) is 7.86. The van der Waals surface area contributed by atoms with Crippen molar-refractivity contribution in [1.82, 2.24) is 15.3 Å². The highest BCUT2D eigenvalue weighted by Gasteiger charge is 2.35. The Hall–Kier alpha value is -1.64. The van der Waals surface area contributed by atoms with E-state index >= 15 is 0 Å². The molecule has 1 aliphatic carbocycles. The second kappa shape index (κ2) is 8.16. The van der Waals surface area contributed by atoms with Crippen LogP contribution in [-0.4, -0.2) is 34.2 Å². The number of aromatic nitrogens is 2. The molecule has 2 fully saturated rings. The summed E-state index contributed by atoms with van der Waals surface area (Å²) in [5.74, 6) is 0.988. The first kappa shape index (κ1) is 20.1. The maximum absolute atomic E-state index is 13.3. The largest absolute Gasteiger partial charge is 0.433 e. The molecule has 0 unspecified atom stereocenters. The predicted molar refractivity (Wildman–Crippen MR) is 104 cm³/mol. The van der Waals surface area contributed by atoms with E-state index in [9.17, 15) is 13.2 Å². The molecule has 0 spiro atoms. The molecule has 3 rings (SSSR count). The van der Waals surface area contributed by atoms with E-state index in [0.29, 0.717) is 30.7 Å². The molecular formula is C18H26F3N5S. The number of alkyl halides is 3. The minimum Gasteiger partial charge on any atom is -0.360 e. The lowest BCUT2D eigenvalue weighted by molar-refractivity contribution is -0.141. The zero-order valence-corrected chi connectivity index (χ0v) is 16.5. The molecular weight excluding hydrogens is 375 g/mol. The lowest BCUT2D eigenvalue weighted by Crippen LogP contribution is -2.40. The summed E-state index contributed by atoms with van der Waals surface area (Å²) in [5.41, 5.74) is -0.954. The summed E-state index contributed by atoms with van der Waals surface area (Å²) in [6, 6.07) is 1.29. The number of anilines is 2. The summed E-state index contributed by atoms with van der Waals surface area (Å²) in [5, 5.41) is 6.17. The lowest BCUT2D eigenvalue weighted by atomic mass is 9.92. The highest BCUT2D eigenvalue weighted by molar-refractivity contribution is 7.80. The average molecular weight is 402 g/mol. The van der Waals surface area contributed by atoms with Gasteiger partial charge in [0.2, 0.25) is 5.95 Å². The topological polar surface area (TPSA) is 53.1 Å². The Morgan fingerprint density at radius 2 is 1.78 bits per heavy atom. The van der Waals surface area contributed by atoms with Gasteiger partial charge in [-0.25, -0.2) is 4.98 Å². The van der Waals surface area contributed by atoms with E-state index in [1.807, 2.05) is 4.90 Å². The first-order chi connectivity index (χ1) is 12.7. The third-order valence-corrected chi connectivity index (χ3v) is 5.33. The summed E-state index contributed by atoms with van der Waals surface area (Å²) in [6.07, 6.45) is 0.821. The van der Waals surface area contributed by atoms with Crippen LogP contribution in [0.5, 0.6) is 0 Å². The molecule has 0 radical (unpaired) electrons. The van der Waals surface area contributed by atoms with Crippen LogP contribution in [0.3, 0.4) is 0 Å². The Labute approximate surface area is 163 Å². The fraction of sp³-hybridized carbons (Fsp3) is 0.722. The van der Waals surface area contributed by atoms with Crippen molar-refractivity contribution >= 4 is 29.1 Å². The molecule has 2 heterocycles. The summed E-state index contributed by atoms with van der Waals surface area (Å²) in [6.45, 7) is 5.58. The molecule has 5 nitrogen and oxygen atoms in total. The van der Waals surface area contributed by atoms with Crippen molar-refractivity contribution in [2.75, 3.05) is 23.3 Å². The quantitative estimate of drug-likeness (QED) is 0.740. The zero-order valence-electron chi connectivity index (χ0n) is 15.6. The van der Waals surface area contributed by atoms with Gasteiger partial charge < -0.3 is 15.5 Å². The zero-order chi connectivity index (χ0) is 19.6. The minimum atomic E-state index is -4.54.